The molecule has 0 aromatic heterocycles. The molecule has 2 fully saturated rings. The average Bonchev–Trinajstić information content (AvgIpc) is 1.71. The SMILES string of the molecule is CC1CC(C)(C)CC(O)(C2CCC2)C1. The van der Waals surface area contributed by atoms with Crippen LogP contribution in [-0.2, 0) is 0 Å². The third-order valence-corrected chi connectivity index (χ3v) is 4.25. The minimum Gasteiger partial charge on any atom is -0.390 e. The van der Waals surface area contributed by atoms with Crippen LogP contribution in [-0.4, -0.2) is 10.7 Å². The van der Waals surface area contributed by atoms with Gasteiger partial charge in [0.1, 0.15) is 0 Å². The highest BCUT2D eigenvalue weighted by molar-refractivity contribution is 4.99. The maximum absolute atomic E-state index is 10.7. The van der Waals surface area contributed by atoms with Crippen molar-refractivity contribution in [3.8, 4) is 0 Å². The lowest BCUT2D eigenvalue weighted by Gasteiger charge is -2.51. The van der Waals surface area contributed by atoms with Gasteiger partial charge in [-0.15, -0.1) is 0 Å². The number of hydrogen-bond donors (Lipinski definition) is 1. The molecule has 2 unspecified atom stereocenters. The molecule has 1 nitrogen and oxygen atoms in total. The van der Waals surface area contributed by atoms with Crippen molar-refractivity contribution < 1.29 is 5.11 Å². The van der Waals surface area contributed by atoms with E-state index in [1.165, 1.54) is 25.7 Å². The van der Waals surface area contributed by atoms with Crippen molar-refractivity contribution in [2.75, 3.05) is 0 Å². The van der Waals surface area contributed by atoms with Crippen molar-refractivity contribution in [2.24, 2.45) is 17.3 Å². The summed E-state index contributed by atoms with van der Waals surface area (Å²) in [5.41, 5.74) is 0.0292. The molecule has 0 spiro atoms. The minimum atomic E-state index is -0.320. The molecule has 0 saturated heterocycles. The molecule has 1 N–H and O–H groups in total. The van der Waals surface area contributed by atoms with E-state index in [0.717, 1.165) is 12.8 Å². The van der Waals surface area contributed by atoms with Crippen LogP contribution in [0, 0.1) is 17.3 Å². The maximum atomic E-state index is 10.7. The predicted octanol–water partition coefficient (Wildman–Crippen LogP) is 3.36. The average molecular weight is 196 g/mol. The third kappa shape index (κ3) is 1.84. The molecular formula is C13H24O. The summed E-state index contributed by atoms with van der Waals surface area (Å²) >= 11 is 0. The van der Waals surface area contributed by atoms with Gasteiger partial charge >= 0.3 is 0 Å². The Morgan fingerprint density at radius 1 is 1.14 bits per heavy atom. The topological polar surface area (TPSA) is 20.2 Å². The van der Waals surface area contributed by atoms with E-state index < -0.39 is 0 Å². The van der Waals surface area contributed by atoms with Gasteiger partial charge in [0.05, 0.1) is 5.60 Å². The zero-order chi connectivity index (χ0) is 10.4. The van der Waals surface area contributed by atoms with E-state index >= 15 is 0 Å². The van der Waals surface area contributed by atoms with Crippen molar-refractivity contribution in [2.45, 2.75) is 64.9 Å². The van der Waals surface area contributed by atoms with Crippen molar-refractivity contribution in [1.29, 1.82) is 0 Å². The Labute approximate surface area is 87.9 Å². The molecule has 2 aliphatic carbocycles. The summed E-state index contributed by atoms with van der Waals surface area (Å²) in [5, 5.41) is 10.7. The van der Waals surface area contributed by atoms with Crippen LogP contribution in [0.3, 0.4) is 0 Å². The van der Waals surface area contributed by atoms with Crippen LogP contribution < -0.4 is 0 Å². The molecule has 0 bridgehead atoms. The Hall–Kier alpha value is -0.0400. The maximum Gasteiger partial charge on any atom is 0.0683 e. The summed E-state index contributed by atoms with van der Waals surface area (Å²) in [6, 6.07) is 0. The van der Waals surface area contributed by atoms with Gasteiger partial charge in [0.25, 0.3) is 0 Å². The largest absolute Gasteiger partial charge is 0.390 e. The lowest BCUT2D eigenvalue weighted by atomic mass is 9.58. The van der Waals surface area contributed by atoms with Crippen molar-refractivity contribution in [3.63, 3.8) is 0 Å². The van der Waals surface area contributed by atoms with E-state index in [1.54, 1.807) is 0 Å². The van der Waals surface area contributed by atoms with E-state index in [1.807, 2.05) is 0 Å². The second-order valence-corrected chi connectivity index (χ2v) is 6.59. The third-order valence-electron chi connectivity index (χ3n) is 4.25. The van der Waals surface area contributed by atoms with Crippen LogP contribution in [0.4, 0.5) is 0 Å². The van der Waals surface area contributed by atoms with Crippen LogP contribution in [0.15, 0.2) is 0 Å². The zero-order valence-corrected chi connectivity index (χ0v) is 9.84. The fraction of sp³-hybridized carbons (Fsp3) is 1.00. The summed E-state index contributed by atoms with van der Waals surface area (Å²) in [7, 11) is 0. The summed E-state index contributed by atoms with van der Waals surface area (Å²) in [4.78, 5) is 0. The Morgan fingerprint density at radius 2 is 1.79 bits per heavy atom. The number of aliphatic hydroxyl groups is 1. The normalized spacial score (nSPS) is 43.3. The molecular weight excluding hydrogens is 172 g/mol. The van der Waals surface area contributed by atoms with Crippen LogP contribution in [0.2, 0.25) is 0 Å². The van der Waals surface area contributed by atoms with E-state index in [0.29, 0.717) is 17.3 Å². The summed E-state index contributed by atoms with van der Waals surface area (Å²) in [6.07, 6.45) is 7.21. The Kier molecular flexibility index (Phi) is 2.42. The van der Waals surface area contributed by atoms with Gasteiger partial charge in [-0.1, -0.05) is 27.2 Å². The van der Waals surface area contributed by atoms with Gasteiger partial charge in [-0.3, -0.25) is 0 Å². The van der Waals surface area contributed by atoms with Gasteiger partial charge in [-0.25, -0.2) is 0 Å². The first-order valence-electron chi connectivity index (χ1n) is 6.14. The monoisotopic (exact) mass is 196 g/mol. The smallest absolute Gasteiger partial charge is 0.0683 e. The summed E-state index contributed by atoms with van der Waals surface area (Å²) in [6.45, 7) is 6.92. The van der Waals surface area contributed by atoms with E-state index in [9.17, 15) is 5.11 Å². The molecule has 0 aromatic rings. The first-order chi connectivity index (χ1) is 6.41. The molecule has 2 saturated carbocycles. The van der Waals surface area contributed by atoms with E-state index in [2.05, 4.69) is 20.8 Å². The Balaban J connectivity index is 2.10. The van der Waals surface area contributed by atoms with Gasteiger partial charge in [-0.2, -0.15) is 0 Å². The van der Waals surface area contributed by atoms with Gasteiger partial charge in [-0.05, 0) is 49.4 Å². The summed E-state index contributed by atoms with van der Waals surface area (Å²) in [5.74, 6) is 1.31. The lowest BCUT2D eigenvalue weighted by molar-refractivity contribution is -0.119. The highest BCUT2D eigenvalue weighted by Gasteiger charge is 2.47. The summed E-state index contributed by atoms with van der Waals surface area (Å²) < 4.78 is 0. The first-order valence-corrected chi connectivity index (χ1v) is 6.14. The van der Waals surface area contributed by atoms with Crippen molar-refractivity contribution in [3.05, 3.63) is 0 Å². The second-order valence-electron chi connectivity index (χ2n) is 6.59. The molecule has 14 heavy (non-hydrogen) atoms. The fourth-order valence-corrected chi connectivity index (χ4v) is 3.85. The molecule has 0 heterocycles. The Bertz CT molecular complexity index is 217. The quantitative estimate of drug-likeness (QED) is 0.682. The van der Waals surface area contributed by atoms with Crippen LogP contribution in [0.5, 0.6) is 0 Å². The molecule has 2 rings (SSSR count). The van der Waals surface area contributed by atoms with Gasteiger partial charge in [0.2, 0.25) is 0 Å². The molecule has 0 aromatic carbocycles. The molecule has 82 valence electrons. The first kappa shape index (κ1) is 10.5. The molecule has 2 aliphatic rings. The van der Waals surface area contributed by atoms with Crippen LogP contribution in [0.25, 0.3) is 0 Å². The fourth-order valence-electron chi connectivity index (χ4n) is 3.85. The van der Waals surface area contributed by atoms with Gasteiger partial charge in [0, 0.05) is 0 Å². The molecule has 2 atom stereocenters. The van der Waals surface area contributed by atoms with Crippen molar-refractivity contribution in [1.82, 2.24) is 0 Å². The van der Waals surface area contributed by atoms with Gasteiger partial charge in [0.15, 0.2) is 0 Å². The highest BCUT2D eigenvalue weighted by Crippen LogP contribution is 2.51. The highest BCUT2D eigenvalue weighted by atomic mass is 16.3. The minimum absolute atomic E-state index is 0.320. The second kappa shape index (κ2) is 3.23. The molecule has 0 aliphatic heterocycles. The van der Waals surface area contributed by atoms with E-state index in [4.69, 9.17) is 0 Å². The Morgan fingerprint density at radius 3 is 2.21 bits per heavy atom. The van der Waals surface area contributed by atoms with Crippen LogP contribution >= 0.6 is 0 Å². The van der Waals surface area contributed by atoms with Crippen LogP contribution in [0.1, 0.15) is 59.3 Å². The number of rotatable bonds is 1. The molecule has 0 amide bonds. The molecule has 0 radical (unpaired) electrons. The number of hydrogen-bond acceptors (Lipinski definition) is 1. The van der Waals surface area contributed by atoms with Crippen molar-refractivity contribution >= 4 is 0 Å². The van der Waals surface area contributed by atoms with E-state index in [-0.39, 0.29) is 5.60 Å². The zero-order valence-electron chi connectivity index (χ0n) is 9.84. The predicted molar refractivity (Wildman–Crippen MR) is 59.1 cm³/mol. The standard InChI is InChI=1S/C13H24O/c1-10-7-12(2,3)9-13(14,8-10)11-5-4-6-11/h10-11,14H,4-9H2,1-3H3. The van der Waals surface area contributed by atoms with Gasteiger partial charge < -0.3 is 5.11 Å². The lowest BCUT2D eigenvalue weighted by Crippen LogP contribution is -2.49. The molecule has 1 heteroatoms.